The molecule has 0 amide bonds. The van der Waals surface area contributed by atoms with Crippen LogP contribution in [0.1, 0.15) is 25.5 Å². The monoisotopic (exact) mass is 164 g/mol. The molecule has 1 aliphatic rings. The Morgan fingerprint density at radius 2 is 1.83 bits per heavy atom. The molecule has 0 spiro atoms. The predicted molar refractivity (Wildman–Crippen MR) is 45.4 cm³/mol. The van der Waals surface area contributed by atoms with E-state index in [1.807, 2.05) is 32.0 Å². The number of rotatable bonds is 1. The molecule has 1 saturated heterocycles. The lowest BCUT2D eigenvalue weighted by molar-refractivity contribution is -0.506. The van der Waals surface area contributed by atoms with E-state index in [2.05, 4.69) is 12.1 Å². The molecule has 2 rings (SSSR count). The Kier molecular flexibility index (Phi) is 1.67. The van der Waals surface area contributed by atoms with Crippen molar-refractivity contribution in [1.29, 1.82) is 0 Å². The molecule has 0 saturated carbocycles. The van der Waals surface area contributed by atoms with Crippen LogP contribution >= 0.6 is 0 Å². The first kappa shape index (κ1) is 7.77. The van der Waals surface area contributed by atoms with Gasteiger partial charge in [-0.2, -0.15) is 0 Å². The summed E-state index contributed by atoms with van der Waals surface area (Å²) in [4.78, 5) is 10.0. The van der Waals surface area contributed by atoms with Crippen molar-refractivity contribution in [2.45, 2.75) is 25.6 Å². The van der Waals surface area contributed by atoms with Crippen LogP contribution in [0.25, 0.3) is 0 Å². The summed E-state index contributed by atoms with van der Waals surface area (Å²) >= 11 is 0. The summed E-state index contributed by atoms with van der Waals surface area (Å²) in [5.41, 5.74) is 0.996. The van der Waals surface area contributed by atoms with Crippen LogP contribution in [-0.2, 0) is 9.78 Å². The third-order valence-corrected chi connectivity index (χ3v) is 2.09. The van der Waals surface area contributed by atoms with Crippen LogP contribution in [0, 0.1) is 0 Å². The van der Waals surface area contributed by atoms with Gasteiger partial charge in [-0.25, -0.2) is 9.78 Å². The van der Waals surface area contributed by atoms with Gasteiger partial charge < -0.3 is 0 Å². The highest BCUT2D eigenvalue weighted by Gasteiger charge is 2.44. The second kappa shape index (κ2) is 2.57. The van der Waals surface area contributed by atoms with Crippen molar-refractivity contribution in [3.8, 4) is 0 Å². The number of benzene rings is 1. The zero-order valence-electron chi connectivity index (χ0n) is 7.28. The van der Waals surface area contributed by atoms with Crippen molar-refractivity contribution in [1.82, 2.24) is 0 Å². The van der Waals surface area contributed by atoms with Crippen LogP contribution in [-0.4, -0.2) is 5.60 Å². The minimum Gasteiger partial charge on any atom is -0.227 e. The van der Waals surface area contributed by atoms with Crippen molar-refractivity contribution >= 4 is 0 Å². The minimum absolute atomic E-state index is 0.0821. The average molecular weight is 164 g/mol. The summed E-state index contributed by atoms with van der Waals surface area (Å²) in [6.07, 6.45) is 0.0821. The van der Waals surface area contributed by atoms with E-state index in [9.17, 15) is 0 Å². The second-order valence-corrected chi connectivity index (χ2v) is 3.57. The maximum atomic E-state index is 5.03. The van der Waals surface area contributed by atoms with Gasteiger partial charge in [0.15, 0.2) is 0 Å². The molecule has 0 aromatic heterocycles. The minimum atomic E-state index is -0.179. The van der Waals surface area contributed by atoms with Crippen molar-refractivity contribution in [2.75, 3.05) is 0 Å². The first-order chi connectivity index (χ1) is 5.70. The van der Waals surface area contributed by atoms with Gasteiger partial charge in [-0.15, -0.1) is 0 Å². The van der Waals surface area contributed by atoms with Gasteiger partial charge in [-0.1, -0.05) is 30.3 Å². The van der Waals surface area contributed by atoms with Crippen molar-refractivity contribution < 1.29 is 9.78 Å². The van der Waals surface area contributed by atoms with Gasteiger partial charge in [-0.05, 0) is 19.4 Å². The van der Waals surface area contributed by atoms with Crippen LogP contribution in [0.15, 0.2) is 30.3 Å². The SMILES string of the molecule is CC1(C)OOC1c1ccccc1. The van der Waals surface area contributed by atoms with Gasteiger partial charge in [0, 0.05) is 0 Å². The summed E-state index contributed by atoms with van der Waals surface area (Å²) in [6.45, 7) is 4.04. The second-order valence-electron chi connectivity index (χ2n) is 3.57. The average Bonchev–Trinajstić information content (AvgIpc) is 2.05. The zero-order chi connectivity index (χ0) is 8.60. The summed E-state index contributed by atoms with van der Waals surface area (Å²) in [7, 11) is 0. The number of hydrogen-bond acceptors (Lipinski definition) is 2. The van der Waals surface area contributed by atoms with E-state index < -0.39 is 0 Å². The fourth-order valence-corrected chi connectivity index (χ4v) is 1.37. The van der Waals surface area contributed by atoms with Crippen LogP contribution in [0.3, 0.4) is 0 Å². The van der Waals surface area contributed by atoms with Gasteiger partial charge in [0.25, 0.3) is 0 Å². The van der Waals surface area contributed by atoms with E-state index in [0.29, 0.717) is 0 Å². The normalized spacial score (nSPS) is 26.3. The molecule has 1 aliphatic heterocycles. The first-order valence-electron chi connectivity index (χ1n) is 4.09. The molecule has 2 heteroatoms. The zero-order valence-corrected chi connectivity index (χ0v) is 7.28. The molecule has 0 aliphatic carbocycles. The Balaban J connectivity index is 2.22. The molecule has 1 fully saturated rings. The quantitative estimate of drug-likeness (QED) is 0.593. The third kappa shape index (κ3) is 1.13. The molecule has 1 heterocycles. The van der Waals surface area contributed by atoms with Crippen molar-refractivity contribution in [3.05, 3.63) is 35.9 Å². The van der Waals surface area contributed by atoms with E-state index >= 15 is 0 Å². The summed E-state index contributed by atoms with van der Waals surface area (Å²) < 4.78 is 0. The molecule has 1 aromatic carbocycles. The maximum absolute atomic E-state index is 5.03. The molecule has 12 heavy (non-hydrogen) atoms. The molecule has 1 atom stereocenters. The van der Waals surface area contributed by atoms with Crippen molar-refractivity contribution in [3.63, 3.8) is 0 Å². The largest absolute Gasteiger partial charge is 0.227 e. The standard InChI is InChI=1S/C10H12O2/c1-10(2)9(11-12-10)8-6-4-3-5-7-8/h3-7,9H,1-2H3. The van der Waals surface area contributed by atoms with Crippen LogP contribution in [0.5, 0.6) is 0 Å². The molecule has 0 bridgehead atoms. The highest BCUT2D eigenvalue weighted by molar-refractivity contribution is 5.20. The van der Waals surface area contributed by atoms with E-state index in [4.69, 9.17) is 9.78 Å². The lowest BCUT2D eigenvalue weighted by atomic mass is 9.93. The molecule has 64 valence electrons. The third-order valence-electron chi connectivity index (χ3n) is 2.09. The lowest BCUT2D eigenvalue weighted by Gasteiger charge is -2.41. The van der Waals surface area contributed by atoms with Crippen LogP contribution < -0.4 is 0 Å². The predicted octanol–water partition coefficient (Wildman–Crippen LogP) is 2.47. The molecule has 0 radical (unpaired) electrons. The Morgan fingerprint density at radius 3 is 2.25 bits per heavy atom. The van der Waals surface area contributed by atoms with Gasteiger partial charge >= 0.3 is 0 Å². The van der Waals surface area contributed by atoms with Crippen LogP contribution in [0.4, 0.5) is 0 Å². The fraction of sp³-hybridized carbons (Fsp3) is 0.400. The van der Waals surface area contributed by atoms with E-state index in [-0.39, 0.29) is 11.7 Å². The maximum Gasteiger partial charge on any atom is 0.149 e. The Bertz CT molecular complexity index is 266. The van der Waals surface area contributed by atoms with Gasteiger partial charge in [-0.3, -0.25) is 0 Å². The van der Waals surface area contributed by atoms with Crippen molar-refractivity contribution in [2.24, 2.45) is 0 Å². The van der Waals surface area contributed by atoms with Gasteiger partial charge in [0.1, 0.15) is 11.7 Å². The fourth-order valence-electron chi connectivity index (χ4n) is 1.37. The van der Waals surface area contributed by atoms with Gasteiger partial charge in [0.2, 0.25) is 0 Å². The number of hydrogen-bond donors (Lipinski definition) is 0. The van der Waals surface area contributed by atoms with E-state index in [1.54, 1.807) is 0 Å². The lowest BCUT2D eigenvalue weighted by Crippen LogP contribution is -2.44. The first-order valence-corrected chi connectivity index (χ1v) is 4.09. The van der Waals surface area contributed by atoms with Gasteiger partial charge in [0.05, 0.1) is 0 Å². The summed E-state index contributed by atoms with van der Waals surface area (Å²) in [5.74, 6) is 0. The summed E-state index contributed by atoms with van der Waals surface area (Å²) in [6, 6.07) is 10.1. The van der Waals surface area contributed by atoms with E-state index in [1.165, 1.54) is 5.56 Å². The van der Waals surface area contributed by atoms with E-state index in [0.717, 1.165) is 0 Å². The molecule has 1 aromatic rings. The molecular formula is C10H12O2. The molecule has 0 N–H and O–H groups in total. The topological polar surface area (TPSA) is 18.5 Å². The highest BCUT2D eigenvalue weighted by Crippen LogP contribution is 2.41. The Hall–Kier alpha value is -0.860. The Labute approximate surface area is 72.0 Å². The summed E-state index contributed by atoms with van der Waals surface area (Å²) in [5, 5.41) is 0. The molecule has 1 unspecified atom stereocenters. The molecular weight excluding hydrogens is 152 g/mol. The highest BCUT2D eigenvalue weighted by atomic mass is 17.3. The molecule has 2 nitrogen and oxygen atoms in total. The Morgan fingerprint density at radius 1 is 1.17 bits per heavy atom. The van der Waals surface area contributed by atoms with Crippen LogP contribution in [0.2, 0.25) is 0 Å². The smallest absolute Gasteiger partial charge is 0.149 e.